The number of fused-ring (bicyclic) bond motifs is 1. The third-order valence-electron chi connectivity index (χ3n) is 6.15. The second-order valence-electron chi connectivity index (χ2n) is 8.55. The van der Waals surface area contributed by atoms with E-state index in [0.29, 0.717) is 35.4 Å². The summed E-state index contributed by atoms with van der Waals surface area (Å²) in [6, 6.07) is 7.90. The highest BCUT2D eigenvalue weighted by Crippen LogP contribution is 2.34. The van der Waals surface area contributed by atoms with Crippen molar-refractivity contribution in [2.45, 2.75) is 25.1 Å². The Balaban J connectivity index is 1.43. The van der Waals surface area contributed by atoms with E-state index in [2.05, 4.69) is 26.5 Å². The molecule has 1 amide bonds. The van der Waals surface area contributed by atoms with E-state index in [1.807, 2.05) is 0 Å². The standard InChI is InChI=1S/C24H20F3N9O/c25-24(26,27)16-7-8-30-18(10-16)33-23(37)15-5-3-14(4-6-15)20-19-21(29)31-13-32-22(19)36(34-20)17-2-1-9-35(11-17)12-28/h3-8,10,13,17H,1-2,9,11H2,(H2,29,31,32)(H,30,33,37). The Morgan fingerprint density at radius 1 is 1.16 bits per heavy atom. The van der Waals surface area contributed by atoms with E-state index in [1.54, 1.807) is 21.7 Å². The van der Waals surface area contributed by atoms with Crippen molar-refractivity contribution in [2.24, 2.45) is 0 Å². The van der Waals surface area contributed by atoms with E-state index in [-0.39, 0.29) is 23.2 Å². The van der Waals surface area contributed by atoms with Crippen molar-refractivity contribution < 1.29 is 18.0 Å². The molecule has 1 unspecified atom stereocenters. The van der Waals surface area contributed by atoms with E-state index in [9.17, 15) is 23.2 Å². The largest absolute Gasteiger partial charge is 0.416 e. The minimum atomic E-state index is -4.55. The van der Waals surface area contributed by atoms with Crippen LogP contribution in [0.15, 0.2) is 48.9 Å². The highest BCUT2D eigenvalue weighted by Gasteiger charge is 2.31. The Hall–Kier alpha value is -4.73. The second-order valence-corrected chi connectivity index (χ2v) is 8.55. The molecule has 13 heteroatoms. The van der Waals surface area contributed by atoms with Gasteiger partial charge in [0.15, 0.2) is 11.8 Å². The maximum absolute atomic E-state index is 12.9. The number of alkyl halides is 3. The van der Waals surface area contributed by atoms with Crippen LogP contribution in [0.2, 0.25) is 0 Å². The first-order valence-corrected chi connectivity index (χ1v) is 11.3. The van der Waals surface area contributed by atoms with Gasteiger partial charge in [-0.3, -0.25) is 4.79 Å². The number of amides is 1. The number of carbonyl (C=O) groups is 1. The van der Waals surface area contributed by atoms with Crippen LogP contribution < -0.4 is 11.1 Å². The number of nitrogens with zero attached hydrogens (tertiary/aromatic N) is 7. The molecule has 1 aliphatic heterocycles. The number of carbonyl (C=O) groups excluding carboxylic acids is 1. The minimum Gasteiger partial charge on any atom is -0.383 e. The third-order valence-corrected chi connectivity index (χ3v) is 6.15. The molecular formula is C24H20F3N9O. The summed E-state index contributed by atoms with van der Waals surface area (Å²) in [5.41, 5.74) is 7.20. The number of hydrogen-bond donors (Lipinski definition) is 2. The third kappa shape index (κ3) is 4.73. The Kier molecular flexibility index (Phi) is 6.08. The summed E-state index contributed by atoms with van der Waals surface area (Å²) in [4.78, 5) is 26.6. The van der Waals surface area contributed by atoms with Crippen molar-refractivity contribution in [1.29, 1.82) is 5.26 Å². The van der Waals surface area contributed by atoms with Crippen LogP contribution in [0.3, 0.4) is 0 Å². The molecular weight excluding hydrogens is 487 g/mol. The van der Waals surface area contributed by atoms with Gasteiger partial charge in [-0.05, 0) is 37.1 Å². The molecule has 1 atom stereocenters. The van der Waals surface area contributed by atoms with Gasteiger partial charge in [0.2, 0.25) is 0 Å². The molecule has 188 valence electrons. The van der Waals surface area contributed by atoms with Crippen molar-refractivity contribution in [1.82, 2.24) is 29.6 Å². The average Bonchev–Trinajstić information content (AvgIpc) is 3.29. The maximum atomic E-state index is 12.9. The predicted octanol–water partition coefficient (Wildman–Crippen LogP) is 3.86. The van der Waals surface area contributed by atoms with E-state index >= 15 is 0 Å². The van der Waals surface area contributed by atoms with E-state index in [4.69, 9.17) is 10.8 Å². The van der Waals surface area contributed by atoms with E-state index in [0.717, 1.165) is 31.2 Å². The second kappa shape index (κ2) is 9.38. The summed E-state index contributed by atoms with van der Waals surface area (Å²) in [7, 11) is 0. The fraction of sp³-hybridized carbons (Fsp3) is 0.250. The number of nitriles is 1. The fourth-order valence-electron chi connectivity index (χ4n) is 4.34. The van der Waals surface area contributed by atoms with Crippen molar-refractivity contribution >= 4 is 28.6 Å². The van der Waals surface area contributed by atoms with Crippen LogP contribution in [0, 0.1) is 11.5 Å². The van der Waals surface area contributed by atoms with E-state index < -0.39 is 17.6 Å². The van der Waals surface area contributed by atoms with Gasteiger partial charge in [-0.2, -0.15) is 23.5 Å². The number of hydrogen-bond acceptors (Lipinski definition) is 8. The number of anilines is 2. The van der Waals surface area contributed by atoms with Crippen LogP contribution in [0.5, 0.6) is 0 Å². The fourth-order valence-corrected chi connectivity index (χ4v) is 4.34. The number of halogens is 3. The first-order chi connectivity index (χ1) is 17.7. The van der Waals surface area contributed by atoms with Gasteiger partial charge in [0.1, 0.15) is 23.7 Å². The zero-order chi connectivity index (χ0) is 26.2. The van der Waals surface area contributed by atoms with Gasteiger partial charge in [-0.1, -0.05) is 12.1 Å². The highest BCUT2D eigenvalue weighted by molar-refractivity contribution is 6.04. The van der Waals surface area contributed by atoms with Gasteiger partial charge in [0, 0.05) is 23.9 Å². The Morgan fingerprint density at radius 2 is 1.95 bits per heavy atom. The van der Waals surface area contributed by atoms with Gasteiger partial charge in [0.05, 0.1) is 23.5 Å². The molecule has 0 saturated carbocycles. The van der Waals surface area contributed by atoms with Gasteiger partial charge >= 0.3 is 6.18 Å². The van der Waals surface area contributed by atoms with Crippen molar-refractivity contribution in [3.05, 3.63) is 60.0 Å². The van der Waals surface area contributed by atoms with Crippen molar-refractivity contribution in [3.63, 3.8) is 0 Å². The number of likely N-dealkylation sites (tertiary alicyclic amines) is 1. The molecule has 3 aromatic heterocycles. The summed E-state index contributed by atoms with van der Waals surface area (Å²) >= 11 is 0. The number of benzene rings is 1. The van der Waals surface area contributed by atoms with Gasteiger partial charge in [-0.25, -0.2) is 19.6 Å². The van der Waals surface area contributed by atoms with Crippen LogP contribution in [-0.4, -0.2) is 48.6 Å². The zero-order valence-corrected chi connectivity index (χ0v) is 19.3. The molecule has 0 bridgehead atoms. The van der Waals surface area contributed by atoms with E-state index in [1.165, 1.54) is 18.5 Å². The molecule has 0 radical (unpaired) electrons. The average molecular weight is 507 g/mol. The summed E-state index contributed by atoms with van der Waals surface area (Å²) in [6.45, 7) is 1.19. The maximum Gasteiger partial charge on any atom is 0.416 e. The van der Waals surface area contributed by atoms with Crippen LogP contribution in [-0.2, 0) is 6.18 Å². The Labute approximate surface area is 208 Å². The quantitative estimate of drug-likeness (QED) is 0.397. The van der Waals surface area contributed by atoms with Gasteiger partial charge < -0.3 is 16.0 Å². The highest BCUT2D eigenvalue weighted by atomic mass is 19.4. The molecule has 1 aliphatic rings. The smallest absolute Gasteiger partial charge is 0.383 e. The van der Waals surface area contributed by atoms with Crippen molar-refractivity contribution in [2.75, 3.05) is 24.1 Å². The van der Waals surface area contributed by atoms with Crippen LogP contribution in [0.4, 0.5) is 24.8 Å². The molecule has 1 fully saturated rings. The number of nitrogens with one attached hydrogen (secondary N) is 1. The minimum absolute atomic E-state index is 0.0797. The first kappa shape index (κ1) is 24.0. The van der Waals surface area contributed by atoms with Crippen molar-refractivity contribution in [3.8, 4) is 17.5 Å². The lowest BCUT2D eigenvalue weighted by Crippen LogP contribution is -2.33. The lowest BCUT2D eigenvalue weighted by atomic mass is 10.1. The number of rotatable bonds is 4. The molecule has 1 aromatic carbocycles. The number of nitrogen functional groups attached to an aromatic ring is 1. The summed E-state index contributed by atoms with van der Waals surface area (Å²) in [5.74, 6) is -0.579. The first-order valence-electron chi connectivity index (χ1n) is 11.3. The molecule has 0 aliphatic carbocycles. The number of aromatic nitrogens is 5. The van der Waals surface area contributed by atoms with Crippen LogP contribution in [0.25, 0.3) is 22.3 Å². The normalized spacial score (nSPS) is 15.9. The molecule has 3 N–H and O–H groups in total. The molecule has 1 saturated heterocycles. The van der Waals surface area contributed by atoms with Crippen LogP contribution in [0.1, 0.15) is 34.8 Å². The molecule has 5 rings (SSSR count). The van der Waals surface area contributed by atoms with Crippen LogP contribution >= 0.6 is 0 Å². The molecule has 4 heterocycles. The lowest BCUT2D eigenvalue weighted by Gasteiger charge is -2.28. The monoisotopic (exact) mass is 507 g/mol. The zero-order valence-electron chi connectivity index (χ0n) is 19.3. The molecule has 10 nitrogen and oxygen atoms in total. The lowest BCUT2D eigenvalue weighted by molar-refractivity contribution is -0.137. The SMILES string of the molecule is N#CN1CCCC(n2nc(-c3ccc(C(=O)Nc4cc(C(F)(F)F)ccn4)cc3)c3c(N)ncnc32)C1. The number of nitrogens with two attached hydrogens (primary N) is 1. The Morgan fingerprint density at radius 3 is 2.68 bits per heavy atom. The molecule has 4 aromatic rings. The summed E-state index contributed by atoms with van der Waals surface area (Å²) in [6.07, 6.45) is 1.63. The predicted molar refractivity (Wildman–Crippen MR) is 128 cm³/mol. The number of pyridine rings is 1. The number of piperidine rings is 1. The summed E-state index contributed by atoms with van der Waals surface area (Å²) < 4.78 is 40.6. The molecule has 37 heavy (non-hydrogen) atoms. The topological polar surface area (TPSA) is 139 Å². The van der Waals surface area contributed by atoms with Gasteiger partial charge in [0.25, 0.3) is 5.91 Å². The molecule has 0 spiro atoms. The van der Waals surface area contributed by atoms with Gasteiger partial charge in [-0.15, -0.1) is 0 Å². The summed E-state index contributed by atoms with van der Waals surface area (Å²) in [5, 5.41) is 17.0. The Bertz CT molecular complexity index is 1510.